The average Bonchev–Trinajstić information content (AvgIpc) is 2.50. The van der Waals surface area contributed by atoms with Gasteiger partial charge in [-0.15, -0.1) is 0 Å². The molecule has 5 nitrogen and oxygen atoms in total. The number of benzene rings is 1. The minimum atomic E-state index is -0.589. The first-order valence-electron chi connectivity index (χ1n) is 6.46. The Morgan fingerprint density at radius 1 is 1.27 bits per heavy atom. The predicted molar refractivity (Wildman–Crippen MR) is 81.3 cm³/mol. The summed E-state index contributed by atoms with van der Waals surface area (Å²) >= 11 is 0. The molecule has 22 heavy (non-hydrogen) atoms. The summed E-state index contributed by atoms with van der Waals surface area (Å²) in [5, 5.41) is 14.4. The van der Waals surface area contributed by atoms with Gasteiger partial charge in [0.25, 0.3) is 5.91 Å². The third-order valence-corrected chi connectivity index (χ3v) is 2.72. The summed E-state index contributed by atoms with van der Waals surface area (Å²) in [4.78, 5) is 16.2. The SMILES string of the molecule is Cc1cccc(N/C=C(/C#N)C(=O)Nc2ccc(F)cc2)n1. The monoisotopic (exact) mass is 296 g/mol. The van der Waals surface area contributed by atoms with Crippen molar-refractivity contribution in [3.8, 4) is 6.07 Å². The van der Waals surface area contributed by atoms with E-state index in [2.05, 4.69) is 15.6 Å². The highest BCUT2D eigenvalue weighted by Crippen LogP contribution is 2.10. The highest BCUT2D eigenvalue weighted by molar-refractivity contribution is 6.06. The standard InChI is InChI=1S/C16H13FN4O/c1-11-3-2-4-15(20-11)19-10-12(9-18)16(22)21-14-7-5-13(17)6-8-14/h2-8,10H,1H3,(H,19,20)(H,21,22)/b12-10-. The van der Waals surface area contributed by atoms with Crippen molar-refractivity contribution in [1.82, 2.24) is 4.98 Å². The van der Waals surface area contributed by atoms with Gasteiger partial charge in [0.15, 0.2) is 0 Å². The van der Waals surface area contributed by atoms with Crippen LogP contribution in [0.3, 0.4) is 0 Å². The molecule has 1 aromatic carbocycles. The number of carbonyl (C=O) groups excluding carboxylic acids is 1. The molecule has 1 heterocycles. The molecule has 0 aliphatic rings. The second kappa shape index (κ2) is 6.99. The number of pyridine rings is 1. The zero-order valence-electron chi connectivity index (χ0n) is 11.8. The van der Waals surface area contributed by atoms with E-state index in [-0.39, 0.29) is 5.57 Å². The molecule has 2 aromatic rings. The van der Waals surface area contributed by atoms with Crippen molar-refractivity contribution in [2.24, 2.45) is 0 Å². The fraction of sp³-hybridized carbons (Fsp3) is 0.0625. The number of amides is 1. The normalized spacial score (nSPS) is 10.7. The summed E-state index contributed by atoms with van der Waals surface area (Å²) in [6, 6.07) is 12.4. The van der Waals surface area contributed by atoms with Crippen LogP contribution in [0.4, 0.5) is 15.9 Å². The number of nitriles is 1. The predicted octanol–water partition coefficient (Wildman–Crippen LogP) is 2.99. The lowest BCUT2D eigenvalue weighted by atomic mass is 10.2. The van der Waals surface area contributed by atoms with Crippen LogP contribution in [0.15, 0.2) is 54.2 Å². The van der Waals surface area contributed by atoms with Crippen LogP contribution in [0.25, 0.3) is 0 Å². The van der Waals surface area contributed by atoms with Crippen LogP contribution in [0, 0.1) is 24.1 Å². The van der Waals surface area contributed by atoms with E-state index in [1.807, 2.05) is 19.1 Å². The van der Waals surface area contributed by atoms with Gasteiger partial charge < -0.3 is 10.6 Å². The Hall–Kier alpha value is -3.20. The van der Waals surface area contributed by atoms with E-state index in [1.54, 1.807) is 12.1 Å². The van der Waals surface area contributed by atoms with E-state index >= 15 is 0 Å². The molecule has 0 saturated carbocycles. The Kier molecular flexibility index (Phi) is 4.83. The lowest BCUT2D eigenvalue weighted by Gasteiger charge is -2.05. The van der Waals surface area contributed by atoms with Crippen LogP contribution >= 0.6 is 0 Å². The number of anilines is 2. The van der Waals surface area contributed by atoms with Crippen LogP contribution in [0.1, 0.15) is 5.69 Å². The van der Waals surface area contributed by atoms with Gasteiger partial charge in [-0.25, -0.2) is 9.37 Å². The molecule has 0 atom stereocenters. The van der Waals surface area contributed by atoms with Crippen molar-refractivity contribution in [2.75, 3.05) is 10.6 Å². The summed E-state index contributed by atoms with van der Waals surface area (Å²) in [6.07, 6.45) is 1.28. The van der Waals surface area contributed by atoms with Gasteiger partial charge in [-0.1, -0.05) is 6.07 Å². The molecule has 0 radical (unpaired) electrons. The van der Waals surface area contributed by atoms with E-state index in [9.17, 15) is 9.18 Å². The molecular weight excluding hydrogens is 283 g/mol. The van der Waals surface area contributed by atoms with Crippen molar-refractivity contribution >= 4 is 17.4 Å². The third kappa shape index (κ3) is 4.15. The summed E-state index contributed by atoms with van der Waals surface area (Å²) in [5.74, 6) is -0.460. The second-order valence-corrected chi connectivity index (χ2v) is 4.44. The largest absolute Gasteiger partial charge is 0.345 e. The Morgan fingerprint density at radius 3 is 2.64 bits per heavy atom. The number of nitrogens with zero attached hydrogens (tertiary/aromatic N) is 2. The third-order valence-electron chi connectivity index (χ3n) is 2.72. The maximum Gasteiger partial charge on any atom is 0.267 e. The molecule has 110 valence electrons. The van der Waals surface area contributed by atoms with E-state index < -0.39 is 11.7 Å². The molecule has 2 N–H and O–H groups in total. The molecule has 1 amide bonds. The minimum Gasteiger partial charge on any atom is -0.345 e. The van der Waals surface area contributed by atoms with Crippen LogP contribution in [0.5, 0.6) is 0 Å². The first kappa shape index (κ1) is 15.2. The number of aromatic nitrogens is 1. The van der Waals surface area contributed by atoms with Gasteiger partial charge in [0.2, 0.25) is 0 Å². The Balaban J connectivity index is 2.07. The van der Waals surface area contributed by atoms with E-state index in [1.165, 1.54) is 30.5 Å². The highest BCUT2D eigenvalue weighted by atomic mass is 19.1. The Bertz CT molecular complexity index is 747. The molecule has 0 fully saturated rings. The summed E-state index contributed by atoms with van der Waals surface area (Å²) < 4.78 is 12.8. The molecule has 0 bridgehead atoms. The first-order valence-corrected chi connectivity index (χ1v) is 6.46. The number of hydrogen-bond acceptors (Lipinski definition) is 4. The maximum atomic E-state index is 12.8. The number of rotatable bonds is 4. The Morgan fingerprint density at radius 2 is 2.00 bits per heavy atom. The van der Waals surface area contributed by atoms with Gasteiger partial charge in [0.05, 0.1) is 0 Å². The van der Waals surface area contributed by atoms with E-state index in [0.717, 1.165) is 5.69 Å². The quantitative estimate of drug-likeness (QED) is 0.671. The molecule has 0 spiro atoms. The Labute approximate surface area is 127 Å². The molecule has 6 heteroatoms. The maximum absolute atomic E-state index is 12.8. The van der Waals surface area contributed by atoms with Crippen LogP contribution in [-0.2, 0) is 4.79 Å². The summed E-state index contributed by atoms with van der Waals surface area (Å²) in [5.41, 5.74) is 1.10. The van der Waals surface area contributed by atoms with Gasteiger partial charge in [-0.2, -0.15) is 5.26 Å². The number of halogens is 1. The van der Waals surface area contributed by atoms with Gasteiger partial charge >= 0.3 is 0 Å². The van der Waals surface area contributed by atoms with Crippen LogP contribution in [-0.4, -0.2) is 10.9 Å². The minimum absolute atomic E-state index is 0.118. The van der Waals surface area contributed by atoms with E-state index in [4.69, 9.17) is 5.26 Å². The second-order valence-electron chi connectivity index (χ2n) is 4.44. The average molecular weight is 296 g/mol. The van der Waals surface area contributed by atoms with Gasteiger partial charge in [0.1, 0.15) is 23.3 Å². The molecule has 1 aromatic heterocycles. The molecule has 0 unspecified atom stereocenters. The van der Waals surface area contributed by atoms with Crippen molar-refractivity contribution in [3.63, 3.8) is 0 Å². The van der Waals surface area contributed by atoms with Crippen LogP contribution < -0.4 is 10.6 Å². The fourth-order valence-electron chi connectivity index (χ4n) is 1.65. The summed E-state index contributed by atoms with van der Waals surface area (Å²) in [6.45, 7) is 1.83. The van der Waals surface area contributed by atoms with Gasteiger partial charge in [-0.3, -0.25) is 4.79 Å². The summed E-state index contributed by atoms with van der Waals surface area (Å²) in [7, 11) is 0. The van der Waals surface area contributed by atoms with Crippen molar-refractivity contribution in [1.29, 1.82) is 5.26 Å². The van der Waals surface area contributed by atoms with E-state index in [0.29, 0.717) is 11.5 Å². The highest BCUT2D eigenvalue weighted by Gasteiger charge is 2.09. The van der Waals surface area contributed by atoms with Crippen molar-refractivity contribution < 1.29 is 9.18 Å². The smallest absolute Gasteiger partial charge is 0.267 e. The van der Waals surface area contributed by atoms with Gasteiger partial charge in [0, 0.05) is 17.6 Å². The molecule has 0 aliphatic heterocycles. The molecule has 0 saturated heterocycles. The zero-order valence-corrected chi connectivity index (χ0v) is 11.8. The molecule has 0 aliphatic carbocycles. The lowest BCUT2D eigenvalue weighted by molar-refractivity contribution is -0.112. The van der Waals surface area contributed by atoms with Crippen LogP contribution in [0.2, 0.25) is 0 Å². The lowest BCUT2D eigenvalue weighted by Crippen LogP contribution is -2.14. The fourth-order valence-corrected chi connectivity index (χ4v) is 1.65. The topological polar surface area (TPSA) is 77.8 Å². The zero-order chi connectivity index (χ0) is 15.9. The number of nitrogens with one attached hydrogen (secondary N) is 2. The molecule has 2 rings (SSSR count). The van der Waals surface area contributed by atoms with Crippen molar-refractivity contribution in [2.45, 2.75) is 6.92 Å². The first-order chi connectivity index (χ1) is 10.6. The van der Waals surface area contributed by atoms with Gasteiger partial charge in [-0.05, 0) is 43.3 Å². The molecular formula is C16H13FN4O. The number of carbonyl (C=O) groups is 1. The number of hydrogen-bond donors (Lipinski definition) is 2. The number of aryl methyl sites for hydroxylation is 1. The van der Waals surface area contributed by atoms with Crippen molar-refractivity contribution in [3.05, 3.63) is 65.7 Å².